The highest BCUT2D eigenvalue weighted by Gasteiger charge is 2.30. The number of methoxy groups -OCH3 is 1. The van der Waals surface area contributed by atoms with Gasteiger partial charge in [-0.15, -0.1) is 0 Å². The molecule has 1 aliphatic rings. The molecule has 1 N–H and O–H groups in total. The van der Waals surface area contributed by atoms with Gasteiger partial charge in [0, 0.05) is 33.0 Å². The summed E-state index contributed by atoms with van der Waals surface area (Å²) in [7, 11) is 1.68. The quantitative estimate of drug-likeness (QED) is 0.755. The fourth-order valence-electron chi connectivity index (χ4n) is 3.40. The van der Waals surface area contributed by atoms with Crippen LogP contribution in [0.4, 0.5) is 0 Å². The maximum atomic E-state index is 12.4. The summed E-state index contributed by atoms with van der Waals surface area (Å²) >= 11 is 0. The van der Waals surface area contributed by atoms with Crippen LogP contribution in [0.3, 0.4) is 0 Å². The monoisotopic (exact) mass is 371 g/mol. The number of ether oxygens (including phenoxy) is 1. The van der Waals surface area contributed by atoms with E-state index in [-0.39, 0.29) is 11.9 Å². The van der Waals surface area contributed by atoms with Gasteiger partial charge in [0.2, 0.25) is 5.91 Å². The molecule has 7 heteroatoms. The van der Waals surface area contributed by atoms with Gasteiger partial charge < -0.3 is 10.1 Å². The lowest BCUT2D eigenvalue weighted by atomic mass is 10.1. The van der Waals surface area contributed by atoms with Crippen LogP contribution in [-0.2, 0) is 28.9 Å². The van der Waals surface area contributed by atoms with Crippen molar-refractivity contribution < 1.29 is 9.53 Å². The second kappa shape index (κ2) is 9.10. The second-order valence-electron chi connectivity index (χ2n) is 6.97. The van der Waals surface area contributed by atoms with E-state index in [1.807, 2.05) is 4.68 Å². The third kappa shape index (κ3) is 4.93. The molecule has 0 radical (unpaired) electrons. The van der Waals surface area contributed by atoms with Crippen molar-refractivity contribution in [3.63, 3.8) is 0 Å². The van der Waals surface area contributed by atoms with Crippen molar-refractivity contribution in [1.82, 2.24) is 25.0 Å². The number of benzene rings is 1. The molecule has 1 saturated heterocycles. The number of nitrogens with zero attached hydrogens (tertiary/aromatic N) is 4. The Morgan fingerprint density at radius 3 is 2.78 bits per heavy atom. The molecular weight excluding hydrogens is 342 g/mol. The molecule has 1 fully saturated rings. The number of rotatable bonds is 8. The highest BCUT2D eigenvalue weighted by Crippen LogP contribution is 2.14. The van der Waals surface area contributed by atoms with Crippen LogP contribution in [-0.4, -0.2) is 65.0 Å². The number of carbonyl (C=O) groups is 1. The van der Waals surface area contributed by atoms with Crippen molar-refractivity contribution in [2.45, 2.75) is 39.3 Å². The normalized spacial score (nSPS) is 17.9. The Kier molecular flexibility index (Phi) is 6.58. The third-order valence-electron chi connectivity index (χ3n) is 5.00. The van der Waals surface area contributed by atoms with E-state index in [1.54, 1.807) is 7.11 Å². The summed E-state index contributed by atoms with van der Waals surface area (Å²) < 4.78 is 7.10. The molecule has 3 rings (SSSR count). The van der Waals surface area contributed by atoms with Crippen LogP contribution in [0.2, 0.25) is 0 Å². The summed E-state index contributed by atoms with van der Waals surface area (Å²) in [5, 5.41) is 7.66. The maximum Gasteiger partial charge on any atom is 0.237 e. The van der Waals surface area contributed by atoms with E-state index in [0.29, 0.717) is 32.5 Å². The zero-order valence-electron chi connectivity index (χ0n) is 16.4. The van der Waals surface area contributed by atoms with Crippen molar-refractivity contribution in [3.05, 3.63) is 47.0 Å². The van der Waals surface area contributed by atoms with Crippen molar-refractivity contribution in [3.8, 4) is 0 Å². The van der Waals surface area contributed by atoms with Gasteiger partial charge in [-0.3, -0.25) is 9.69 Å². The molecule has 1 aromatic carbocycles. The Bertz CT molecular complexity index is 756. The summed E-state index contributed by atoms with van der Waals surface area (Å²) in [5.74, 6) is 1.69. The minimum absolute atomic E-state index is 0.0754. The number of likely N-dealkylation sites (N-methyl/N-ethyl adjacent to an activating group) is 1. The zero-order valence-corrected chi connectivity index (χ0v) is 16.4. The summed E-state index contributed by atoms with van der Waals surface area (Å²) in [6.45, 7) is 7.82. The molecule has 0 unspecified atom stereocenters. The fraction of sp³-hybridized carbons (Fsp3) is 0.550. The van der Waals surface area contributed by atoms with E-state index in [4.69, 9.17) is 9.72 Å². The summed E-state index contributed by atoms with van der Waals surface area (Å²) in [6.07, 6.45) is 1.23. The van der Waals surface area contributed by atoms with Crippen LogP contribution in [0.15, 0.2) is 24.3 Å². The highest BCUT2D eigenvalue weighted by atomic mass is 16.5. The van der Waals surface area contributed by atoms with E-state index in [9.17, 15) is 4.79 Å². The van der Waals surface area contributed by atoms with E-state index in [2.05, 4.69) is 53.4 Å². The first-order valence-electron chi connectivity index (χ1n) is 9.59. The predicted molar refractivity (Wildman–Crippen MR) is 104 cm³/mol. The average Bonchev–Trinajstić information content (AvgIpc) is 3.05. The number of aryl methyl sites for hydroxylation is 1. The van der Waals surface area contributed by atoms with Gasteiger partial charge >= 0.3 is 0 Å². The Morgan fingerprint density at radius 1 is 1.30 bits per heavy atom. The fourth-order valence-corrected chi connectivity index (χ4v) is 3.40. The first kappa shape index (κ1) is 19.5. The van der Waals surface area contributed by atoms with Crippen molar-refractivity contribution in [1.29, 1.82) is 0 Å². The summed E-state index contributed by atoms with van der Waals surface area (Å²) in [4.78, 5) is 19.4. The molecule has 2 heterocycles. The highest BCUT2D eigenvalue weighted by molar-refractivity contribution is 5.82. The number of hydrogen-bond acceptors (Lipinski definition) is 5. The molecule has 1 aromatic heterocycles. The Morgan fingerprint density at radius 2 is 2.07 bits per heavy atom. The number of nitrogens with one attached hydrogen (secondary N) is 1. The molecule has 146 valence electrons. The number of amides is 1. The van der Waals surface area contributed by atoms with E-state index >= 15 is 0 Å². The predicted octanol–water partition coefficient (Wildman–Crippen LogP) is 1.19. The van der Waals surface area contributed by atoms with Crippen molar-refractivity contribution >= 4 is 5.91 Å². The number of aromatic nitrogens is 3. The van der Waals surface area contributed by atoms with Gasteiger partial charge in [-0.05, 0) is 19.0 Å². The lowest BCUT2D eigenvalue weighted by molar-refractivity contribution is -0.128. The van der Waals surface area contributed by atoms with Crippen molar-refractivity contribution in [2.24, 2.45) is 0 Å². The Labute approximate surface area is 160 Å². The largest absolute Gasteiger partial charge is 0.384 e. The van der Waals surface area contributed by atoms with Gasteiger partial charge in [0.05, 0.1) is 19.2 Å². The maximum absolute atomic E-state index is 12.4. The second-order valence-corrected chi connectivity index (χ2v) is 6.97. The molecule has 27 heavy (non-hydrogen) atoms. The van der Waals surface area contributed by atoms with Crippen LogP contribution >= 0.6 is 0 Å². The molecule has 7 nitrogen and oxygen atoms in total. The third-order valence-corrected chi connectivity index (χ3v) is 5.00. The van der Waals surface area contributed by atoms with Crippen LogP contribution in [0.25, 0.3) is 0 Å². The lowest BCUT2D eigenvalue weighted by Crippen LogP contribution is -2.56. The number of carbonyl (C=O) groups excluding carboxylic acids is 1. The molecule has 0 aliphatic carbocycles. The SMILES string of the molecule is CCN1CCNC(=O)[C@@H]1Cc1nc(CCOC)nn1Cc1ccc(C)cc1. The molecule has 1 atom stereocenters. The molecular formula is C20H29N5O2. The Balaban J connectivity index is 1.83. The average molecular weight is 371 g/mol. The van der Waals surface area contributed by atoms with Crippen LogP contribution in [0, 0.1) is 6.92 Å². The van der Waals surface area contributed by atoms with Crippen molar-refractivity contribution in [2.75, 3.05) is 33.4 Å². The topological polar surface area (TPSA) is 72.3 Å². The minimum Gasteiger partial charge on any atom is -0.384 e. The van der Waals surface area contributed by atoms with Crippen LogP contribution in [0.1, 0.15) is 29.7 Å². The molecule has 1 aliphatic heterocycles. The van der Waals surface area contributed by atoms with Crippen LogP contribution < -0.4 is 5.32 Å². The van der Waals surface area contributed by atoms with E-state index < -0.39 is 0 Å². The van der Waals surface area contributed by atoms with Gasteiger partial charge in [-0.25, -0.2) is 9.67 Å². The first-order chi connectivity index (χ1) is 13.1. The lowest BCUT2D eigenvalue weighted by Gasteiger charge is -2.33. The minimum atomic E-state index is -0.194. The summed E-state index contributed by atoms with van der Waals surface area (Å²) in [6, 6.07) is 8.24. The smallest absolute Gasteiger partial charge is 0.237 e. The van der Waals surface area contributed by atoms with Gasteiger partial charge in [-0.1, -0.05) is 36.8 Å². The van der Waals surface area contributed by atoms with Crippen LogP contribution in [0.5, 0.6) is 0 Å². The zero-order chi connectivity index (χ0) is 19.2. The molecule has 0 spiro atoms. The van der Waals surface area contributed by atoms with Gasteiger partial charge in [0.1, 0.15) is 5.82 Å². The molecule has 0 bridgehead atoms. The molecule has 2 aromatic rings. The standard InChI is InChI=1S/C20H29N5O2/c1-4-24-11-10-21-20(26)17(24)13-19-22-18(9-12-27-3)23-25(19)14-16-7-5-15(2)6-8-16/h5-8,17H,4,9-14H2,1-3H3,(H,21,26)/t17-/m0/s1. The first-order valence-corrected chi connectivity index (χ1v) is 9.59. The van der Waals surface area contributed by atoms with E-state index in [0.717, 1.165) is 24.7 Å². The number of hydrogen-bond donors (Lipinski definition) is 1. The van der Waals surface area contributed by atoms with Gasteiger partial charge in [0.25, 0.3) is 0 Å². The molecule has 1 amide bonds. The summed E-state index contributed by atoms with van der Waals surface area (Å²) in [5.41, 5.74) is 2.40. The number of piperazine rings is 1. The Hall–Kier alpha value is -2.25. The van der Waals surface area contributed by atoms with Gasteiger partial charge in [-0.2, -0.15) is 5.10 Å². The molecule has 0 saturated carbocycles. The van der Waals surface area contributed by atoms with E-state index in [1.165, 1.54) is 11.1 Å². The van der Waals surface area contributed by atoms with Gasteiger partial charge in [0.15, 0.2) is 5.82 Å².